The Kier molecular flexibility index (Phi) is 5.96. The third kappa shape index (κ3) is 4.99. The quantitative estimate of drug-likeness (QED) is 0.747. The summed E-state index contributed by atoms with van der Waals surface area (Å²) in [4.78, 5) is 0. The van der Waals surface area contributed by atoms with Crippen molar-refractivity contribution in [2.45, 2.75) is 32.9 Å². The van der Waals surface area contributed by atoms with Gasteiger partial charge in [-0.1, -0.05) is 12.1 Å². The molecule has 0 fully saturated rings. The minimum Gasteiger partial charge on any atom is -0.460 e. The molecule has 0 aliphatic carbocycles. The van der Waals surface area contributed by atoms with E-state index in [9.17, 15) is 4.39 Å². The molecule has 0 atom stereocenters. The Bertz CT molecular complexity index is 551. The lowest BCUT2D eigenvalue weighted by Crippen LogP contribution is -2.17. The zero-order chi connectivity index (χ0) is 15.1. The first kappa shape index (κ1) is 15.7. The van der Waals surface area contributed by atoms with E-state index in [2.05, 4.69) is 5.32 Å². The van der Waals surface area contributed by atoms with Crippen LogP contribution in [0.3, 0.4) is 0 Å². The Morgan fingerprint density at radius 3 is 2.76 bits per heavy atom. The van der Waals surface area contributed by atoms with Crippen LogP contribution in [0.4, 0.5) is 4.39 Å². The van der Waals surface area contributed by atoms with Crippen LogP contribution in [0, 0.1) is 5.82 Å². The van der Waals surface area contributed by atoms with Crippen LogP contribution in [0.15, 0.2) is 40.8 Å². The van der Waals surface area contributed by atoms with Crippen molar-refractivity contribution in [3.8, 4) is 11.3 Å². The lowest BCUT2D eigenvalue weighted by molar-refractivity contribution is 0.0770. The zero-order valence-electron chi connectivity index (χ0n) is 12.6. The number of benzene rings is 1. The molecule has 0 aliphatic rings. The SMILES string of the molecule is CC(C)OCCCNCc1ccc(-c2ccccc2F)o1. The van der Waals surface area contributed by atoms with Crippen molar-refractivity contribution in [1.29, 1.82) is 0 Å². The van der Waals surface area contributed by atoms with Crippen LogP contribution < -0.4 is 5.32 Å². The summed E-state index contributed by atoms with van der Waals surface area (Å²) in [6, 6.07) is 10.3. The van der Waals surface area contributed by atoms with Crippen molar-refractivity contribution < 1.29 is 13.5 Å². The van der Waals surface area contributed by atoms with Gasteiger partial charge in [-0.15, -0.1) is 0 Å². The first-order chi connectivity index (χ1) is 10.2. The summed E-state index contributed by atoms with van der Waals surface area (Å²) in [6.07, 6.45) is 1.23. The molecule has 2 rings (SSSR count). The van der Waals surface area contributed by atoms with Crippen LogP contribution in [-0.2, 0) is 11.3 Å². The predicted octanol–water partition coefficient (Wildman–Crippen LogP) is 3.99. The molecule has 2 aromatic rings. The van der Waals surface area contributed by atoms with Gasteiger partial charge < -0.3 is 14.5 Å². The third-order valence-electron chi connectivity index (χ3n) is 3.05. The van der Waals surface area contributed by atoms with Gasteiger partial charge in [0, 0.05) is 6.61 Å². The van der Waals surface area contributed by atoms with Crippen LogP contribution in [0.5, 0.6) is 0 Å². The summed E-state index contributed by atoms with van der Waals surface area (Å²) in [7, 11) is 0. The van der Waals surface area contributed by atoms with Crippen LogP contribution in [0.25, 0.3) is 11.3 Å². The van der Waals surface area contributed by atoms with E-state index in [-0.39, 0.29) is 11.9 Å². The van der Waals surface area contributed by atoms with Gasteiger partial charge in [0.2, 0.25) is 0 Å². The molecule has 0 spiro atoms. The second kappa shape index (κ2) is 7.96. The Hall–Kier alpha value is -1.65. The average Bonchev–Trinajstić information content (AvgIpc) is 2.91. The van der Waals surface area contributed by atoms with Crippen molar-refractivity contribution >= 4 is 0 Å². The van der Waals surface area contributed by atoms with E-state index in [1.54, 1.807) is 24.3 Å². The molecule has 0 unspecified atom stereocenters. The van der Waals surface area contributed by atoms with Crippen LogP contribution in [-0.4, -0.2) is 19.3 Å². The number of furan rings is 1. The molecule has 0 saturated heterocycles. The van der Waals surface area contributed by atoms with Gasteiger partial charge in [0.15, 0.2) is 0 Å². The largest absolute Gasteiger partial charge is 0.460 e. The maximum atomic E-state index is 13.7. The molecule has 0 saturated carbocycles. The molecule has 1 aromatic carbocycles. The summed E-state index contributed by atoms with van der Waals surface area (Å²) >= 11 is 0. The summed E-state index contributed by atoms with van der Waals surface area (Å²) in [6.45, 7) is 6.31. The van der Waals surface area contributed by atoms with Crippen molar-refractivity contribution in [1.82, 2.24) is 5.32 Å². The molecule has 21 heavy (non-hydrogen) atoms. The molecule has 1 aromatic heterocycles. The lowest BCUT2D eigenvalue weighted by atomic mass is 10.1. The highest BCUT2D eigenvalue weighted by atomic mass is 19.1. The highest BCUT2D eigenvalue weighted by molar-refractivity contribution is 5.58. The maximum absolute atomic E-state index is 13.7. The molecule has 114 valence electrons. The second-order valence-corrected chi connectivity index (χ2v) is 5.20. The van der Waals surface area contributed by atoms with Crippen LogP contribution >= 0.6 is 0 Å². The molecule has 1 heterocycles. The molecule has 4 heteroatoms. The van der Waals surface area contributed by atoms with Gasteiger partial charge in [-0.3, -0.25) is 0 Å². The van der Waals surface area contributed by atoms with Gasteiger partial charge in [-0.05, 0) is 51.1 Å². The first-order valence-corrected chi connectivity index (χ1v) is 7.33. The highest BCUT2D eigenvalue weighted by Crippen LogP contribution is 2.24. The minimum atomic E-state index is -0.266. The van der Waals surface area contributed by atoms with Crippen molar-refractivity contribution in [2.24, 2.45) is 0 Å². The van der Waals surface area contributed by atoms with Crippen LogP contribution in [0.1, 0.15) is 26.0 Å². The fourth-order valence-corrected chi connectivity index (χ4v) is 2.01. The average molecular weight is 291 g/mol. The van der Waals surface area contributed by atoms with Crippen molar-refractivity contribution in [3.63, 3.8) is 0 Å². The van der Waals surface area contributed by atoms with Gasteiger partial charge in [-0.2, -0.15) is 0 Å². The maximum Gasteiger partial charge on any atom is 0.137 e. The van der Waals surface area contributed by atoms with Gasteiger partial charge in [0.1, 0.15) is 17.3 Å². The highest BCUT2D eigenvalue weighted by Gasteiger charge is 2.08. The predicted molar refractivity (Wildman–Crippen MR) is 81.5 cm³/mol. The second-order valence-electron chi connectivity index (χ2n) is 5.20. The molecule has 0 bridgehead atoms. The van der Waals surface area contributed by atoms with Crippen molar-refractivity contribution in [2.75, 3.05) is 13.2 Å². The molecule has 0 amide bonds. The number of halogens is 1. The van der Waals surface area contributed by atoms with Gasteiger partial charge >= 0.3 is 0 Å². The molecule has 0 aliphatic heterocycles. The Labute approximate surface area is 125 Å². The lowest BCUT2D eigenvalue weighted by Gasteiger charge is -2.07. The first-order valence-electron chi connectivity index (χ1n) is 7.33. The summed E-state index contributed by atoms with van der Waals surface area (Å²) in [5.74, 6) is 1.10. The monoisotopic (exact) mass is 291 g/mol. The molecule has 0 radical (unpaired) electrons. The van der Waals surface area contributed by atoms with Crippen LogP contribution in [0.2, 0.25) is 0 Å². The Balaban J connectivity index is 1.78. The van der Waals surface area contributed by atoms with Gasteiger partial charge in [0.25, 0.3) is 0 Å². The summed E-state index contributed by atoms with van der Waals surface area (Å²) in [5, 5.41) is 3.29. The minimum absolute atomic E-state index is 0.266. The van der Waals surface area contributed by atoms with E-state index in [1.807, 2.05) is 19.9 Å². The fourth-order valence-electron chi connectivity index (χ4n) is 2.01. The zero-order valence-corrected chi connectivity index (χ0v) is 12.6. The molecule has 3 nitrogen and oxygen atoms in total. The topological polar surface area (TPSA) is 34.4 Å². The molecule has 1 N–H and O–H groups in total. The van der Waals surface area contributed by atoms with E-state index >= 15 is 0 Å². The van der Waals surface area contributed by atoms with E-state index in [0.29, 0.717) is 17.9 Å². The number of hydrogen-bond donors (Lipinski definition) is 1. The number of nitrogens with one attached hydrogen (secondary N) is 1. The molecular weight excluding hydrogens is 269 g/mol. The molecular formula is C17H22FNO2. The third-order valence-corrected chi connectivity index (χ3v) is 3.05. The van der Waals surface area contributed by atoms with E-state index in [1.165, 1.54) is 6.07 Å². The smallest absolute Gasteiger partial charge is 0.137 e. The van der Waals surface area contributed by atoms with E-state index in [0.717, 1.165) is 25.3 Å². The van der Waals surface area contributed by atoms with E-state index in [4.69, 9.17) is 9.15 Å². The standard InChI is InChI=1S/C17H22FNO2/c1-13(2)20-11-5-10-19-12-14-8-9-17(21-14)15-6-3-4-7-16(15)18/h3-4,6-9,13,19H,5,10-12H2,1-2H3. The van der Waals surface area contributed by atoms with Gasteiger partial charge in [-0.25, -0.2) is 4.39 Å². The van der Waals surface area contributed by atoms with E-state index < -0.39 is 0 Å². The van der Waals surface area contributed by atoms with Crippen molar-refractivity contribution in [3.05, 3.63) is 48.0 Å². The Morgan fingerprint density at radius 2 is 2.00 bits per heavy atom. The Morgan fingerprint density at radius 1 is 1.19 bits per heavy atom. The van der Waals surface area contributed by atoms with Gasteiger partial charge in [0.05, 0.1) is 18.2 Å². The number of rotatable bonds is 8. The summed E-state index contributed by atoms with van der Waals surface area (Å²) in [5.41, 5.74) is 0.495. The fraction of sp³-hybridized carbons (Fsp3) is 0.412. The summed E-state index contributed by atoms with van der Waals surface area (Å²) < 4.78 is 24.8. The number of ether oxygens (including phenoxy) is 1. The number of hydrogen-bond acceptors (Lipinski definition) is 3. The normalized spacial score (nSPS) is 11.2.